The van der Waals surface area contributed by atoms with E-state index in [0.717, 1.165) is 12.1 Å². The van der Waals surface area contributed by atoms with Crippen LogP contribution in [0.1, 0.15) is 5.56 Å². The molecule has 2 rings (SSSR count). The molecular weight excluding hydrogens is 372 g/mol. The topological polar surface area (TPSA) is 52.4 Å². The molecule has 0 radical (unpaired) electrons. The fourth-order valence-electron chi connectivity index (χ4n) is 1.61. The molecule has 2 aromatic carbocycles. The first-order chi connectivity index (χ1) is 9.90. The molecule has 0 aliphatic carbocycles. The van der Waals surface area contributed by atoms with E-state index in [0.29, 0.717) is 0 Å². The van der Waals surface area contributed by atoms with Gasteiger partial charge in [-0.25, -0.2) is 8.78 Å². The molecule has 0 spiro atoms. The van der Waals surface area contributed by atoms with E-state index < -0.39 is 23.2 Å². The Kier molecular flexibility index (Phi) is 4.74. The highest BCUT2D eigenvalue weighted by atomic mass is 79.9. The summed E-state index contributed by atoms with van der Waals surface area (Å²) >= 11 is 8.66. The van der Waals surface area contributed by atoms with Crippen molar-refractivity contribution >= 4 is 33.2 Å². The Balaban J connectivity index is 2.31. The second kappa shape index (κ2) is 6.36. The Morgan fingerprint density at radius 3 is 2.67 bits per heavy atom. The number of nitrogens with zero attached hydrogens (tertiary/aromatic N) is 1. The molecule has 110 valence electrons. The number of halogens is 4. The van der Waals surface area contributed by atoms with Gasteiger partial charge in [0, 0.05) is 17.2 Å². The van der Waals surface area contributed by atoms with Crippen LogP contribution in [-0.4, -0.2) is 4.92 Å². The average Bonchev–Trinajstić information content (AvgIpc) is 2.43. The molecule has 0 fully saturated rings. The van der Waals surface area contributed by atoms with E-state index in [1.807, 2.05) is 0 Å². The lowest BCUT2D eigenvalue weighted by Gasteiger charge is -2.09. The van der Waals surface area contributed by atoms with Gasteiger partial charge in [0.25, 0.3) is 0 Å². The first-order valence-electron chi connectivity index (χ1n) is 5.59. The number of benzene rings is 2. The maximum Gasteiger partial charge on any atom is 0.311 e. The van der Waals surface area contributed by atoms with Crippen LogP contribution in [0.3, 0.4) is 0 Å². The predicted molar refractivity (Wildman–Crippen MR) is 76.5 cm³/mol. The SMILES string of the molecule is O=[N+]([O-])c1ccc(Cl)cc1OCc1c(F)ccc(Br)c1F. The van der Waals surface area contributed by atoms with E-state index in [2.05, 4.69) is 15.9 Å². The van der Waals surface area contributed by atoms with E-state index in [1.165, 1.54) is 18.2 Å². The summed E-state index contributed by atoms with van der Waals surface area (Å²) in [6, 6.07) is 5.99. The Labute approximate surface area is 131 Å². The molecule has 0 aromatic heterocycles. The zero-order valence-electron chi connectivity index (χ0n) is 10.3. The van der Waals surface area contributed by atoms with Gasteiger partial charge in [-0.05, 0) is 34.1 Å². The molecule has 2 aromatic rings. The lowest BCUT2D eigenvalue weighted by atomic mass is 10.2. The molecule has 0 atom stereocenters. The van der Waals surface area contributed by atoms with Crippen LogP contribution in [0.5, 0.6) is 5.75 Å². The zero-order chi connectivity index (χ0) is 15.6. The van der Waals surface area contributed by atoms with Gasteiger partial charge in [0.05, 0.1) is 15.0 Å². The summed E-state index contributed by atoms with van der Waals surface area (Å²) in [5, 5.41) is 11.1. The summed E-state index contributed by atoms with van der Waals surface area (Å²) in [5.74, 6) is -1.79. The molecule has 0 bridgehead atoms. The van der Waals surface area contributed by atoms with Crippen molar-refractivity contribution in [2.75, 3.05) is 0 Å². The summed E-state index contributed by atoms with van der Waals surface area (Å²) in [5.41, 5.74) is -0.672. The summed E-state index contributed by atoms with van der Waals surface area (Å²) < 4.78 is 32.6. The molecule has 4 nitrogen and oxygen atoms in total. The molecule has 0 heterocycles. The van der Waals surface area contributed by atoms with E-state index in [4.69, 9.17) is 16.3 Å². The molecule has 8 heteroatoms. The molecule has 0 saturated heterocycles. The monoisotopic (exact) mass is 377 g/mol. The van der Waals surface area contributed by atoms with Gasteiger partial charge in [0.15, 0.2) is 5.75 Å². The van der Waals surface area contributed by atoms with Gasteiger partial charge < -0.3 is 4.74 Å². The maximum atomic E-state index is 13.8. The second-order valence-corrected chi connectivity index (χ2v) is 5.27. The quantitative estimate of drug-likeness (QED) is 0.433. The van der Waals surface area contributed by atoms with Crippen LogP contribution in [0.4, 0.5) is 14.5 Å². The Morgan fingerprint density at radius 2 is 2.00 bits per heavy atom. The molecule has 0 unspecified atom stereocenters. The number of rotatable bonds is 4. The van der Waals surface area contributed by atoms with E-state index in [1.54, 1.807) is 0 Å². The molecule has 0 N–H and O–H groups in total. The lowest BCUT2D eigenvalue weighted by Crippen LogP contribution is -2.04. The molecular formula is C13H7BrClF2NO3. The highest BCUT2D eigenvalue weighted by Crippen LogP contribution is 2.31. The third-order valence-corrected chi connectivity index (χ3v) is 3.48. The molecule has 0 saturated carbocycles. The van der Waals surface area contributed by atoms with Crippen molar-refractivity contribution in [2.45, 2.75) is 6.61 Å². The predicted octanol–water partition coefficient (Wildman–Crippen LogP) is 4.87. The van der Waals surface area contributed by atoms with Crippen LogP contribution in [0.15, 0.2) is 34.8 Å². The maximum absolute atomic E-state index is 13.8. The van der Waals surface area contributed by atoms with Crippen LogP contribution < -0.4 is 4.74 Å². The minimum atomic E-state index is -0.820. The Morgan fingerprint density at radius 1 is 1.29 bits per heavy atom. The largest absolute Gasteiger partial charge is 0.482 e. The summed E-state index contributed by atoms with van der Waals surface area (Å²) in [7, 11) is 0. The molecule has 0 amide bonds. The number of hydrogen-bond donors (Lipinski definition) is 0. The Bertz CT molecular complexity index is 712. The van der Waals surface area contributed by atoms with Crippen LogP contribution in [0.2, 0.25) is 5.02 Å². The number of hydrogen-bond acceptors (Lipinski definition) is 3. The van der Waals surface area contributed by atoms with Gasteiger partial charge in [0.2, 0.25) is 0 Å². The second-order valence-electron chi connectivity index (χ2n) is 3.98. The first-order valence-corrected chi connectivity index (χ1v) is 6.76. The minimum Gasteiger partial charge on any atom is -0.482 e. The summed E-state index contributed by atoms with van der Waals surface area (Å²) in [6.07, 6.45) is 0. The Hall–Kier alpha value is -1.73. The van der Waals surface area contributed by atoms with Crippen LogP contribution in [-0.2, 0) is 6.61 Å². The summed E-state index contributed by atoms with van der Waals surface area (Å²) in [4.78, 5) is 10.2. The van der Waals surface area contributed by atoms with Gasteiger partial charge >= 0.3 is 5.69 Å². The van der Waals surface area contributed by atoms with Crippen molar-refractivity contribution in [3.8, 4) is 5.75 Å². The standard InChI is InChI=1S/C13H7BrClF2NO3/c14-9-2-3-10(16)8(13(9)17)6-21-12-5-7(15)1-4-11(12)18(19)20/h1-5H,6H2. The fraction of sp³-hybridized carbons (Fsp3) is 0.0769. The minimum absolute atomic E-state index is 0.0723. The number of nitro groups is 1. The zero-order valence-corrected chi connectivity index (χ0v) is 12.6. The summed E-state index contributed by atoms with van der Waals surface area (Å²) in [6.45, 7) is -0.502. The lowest BCUT2D eigenvalue weighted by molar-refractivity contribution is -0.385. The fourth-order valence-corrected chi connectivity index (χ4v) is 2.14. The number of ether oxygens (including phenoxy) is 1. The van der Waals surface area contributed by atoms with Crippen LogP contribution in [0, 0.1) is 21.7 Å². The van der Waals surface area contributed by atoms with Crippen molar-refractivity contribution in [3.05, 3.63) is 67.1 Å². The van der Waals surface area contributed by atoms with E-state index in [9.17, 15) is 18.9 Å². The highest BCUT2D eigenvalue weighted by Gasteiger charge is 2.18. The van der Waals surface area contributed by atoms with Crippen molar-refractivity contribution in [1.29, 1.82) is 0 Å². The molecule has 0 aliphatic heterocycles. The van der Waals surface area contributed by atoms with Crippen molar-refractivity contribution in [1.82, 2.24) is 0 Å². The number of nitro benzene ring substituents is 1. The molecule has 21 heavy (non-hydrogen) atoms. The van der Waals surface area contributed by atoms with Crippen molar-refractivity contribution < 1.29 is 18.4 Å². The average molecular weight is 379 g/mol. The van der Waals surface area contributed by atoms with Gasteiger partial charge in [-0.15, -0.1) is 0 Å². The van der Waals surface area contributed by atoms with E-state index >= 15 is 0 Å². The van der Waals surface area contributed by atoms with Gasteiger partial charge in [0.1, 0.15) is 18.2 Å². The third-order valence-electron chi connectivity index (χ3n) is 2.63. The smallest absolute Gasteiger partial charge is 0.311 e. The third kappa shape index (κ3) is 3.48. The highest BCUT2D eigenvalue weighted by molar-refractivity contribution is 9.10. The van der Waals surface area contributed by atoms with E-state index in [-0.39, 0.29) is 26.5 Å². The first kappa shape index (κ1) is 15.7. The van der Waals surface area contributed by atoms with Gasteiger partial charge in [-0.3, -0.25) is 10.1 Å². The molecule has 0 aliphatic rings. The van der Waals surface area contributed by atoms with Crippen molar-refractivity contribution in [3.63, 3.8) is 0 Å². The van der Waals surface area contributed by atoms with Crippen LogP contribution >= 0.6 is 27.5 Å². The van der Waals surface area contributed by atoms with Gasteiger partial charge in [-0.1, -0.05) is 11.6 Å². The van der Waals surface area contributed by atoms with Crippen LogP contribution in [0.25, 0.3) is 0 Å². The van der Waals surface area contributed by atoms with Crippen molar-refractivity contribution in [2.24, 2.45) is 0 Å². The van der Waals surface area contributed by atoms with Gasteiger partial charge in [-0.2, -0.15) is 0 Å². The normalized spacial score (nSPS) is 10.5.